The lowest BCUT2D eigenvalue weighted by atomic mass is 9.88. The zero-order valence-electron chi connectivity index (χ0n) is 18.4. The first-order valence-electron chi connectivity index (χ1n) is 11.0. The molecular formula is C22H29N3O5S2. The zero-order valence-corrected chi connectivity index (χ0v) is 20.1. The third-order valence-electron chi connectivity index (χ3n) is 5.98. The third-order valence-corrected chi connectivity index (χ3v) is 8.91. The number of carbonyl (C=O) groups excluding carboxylic acids is 1. The summed E-state index contributed by atoms with van der Waals surface area (Å²) in [5, 5.41) is 3.40. The lowest BCUT2D eigenvalue weighted by Crippen LogP contribution is -2.40. The monoisotopic (exact) mass is 479 g/mol. The largest absolute Gasteiger partial charge is 0.496 e. The number of nitrogens with zero attached hydrogens (tertiary/aromatic N) is 2. The van der Waals surface area contributed by atoms with E-state index in [0.29, 0.717) is 43.1 Å². The molecule has 1 aromatic heterocycles. The SMILES string of the molecule is CCCC1CCc2nc(NC(=O)c3cc(S(=O)(=O)N4CCOCC4)ccc3OC)sc2C1. The van der Waals surface area contributed by atoms with Crippen LogP contribution in [-0.4, -0.2) is 57.0 Å². The number of methoxy groups -OCH3 is 1. The summed E-state index contributed by atoms with van der Waals surface area (Å²) in [6, 6.07) is 4.37. The van der Waals surface area contributed by atoms with Gasteiger partial charge in [0.05, 0.1) is 36.5 Å². The highest BCUT2D eigenvalue weighted by molar-refractivity contribution is 7.89. The van der Waals surface area contributed by atoms with Gasteiger partial charge < -0.3 is 9.47 Å². The number of carbonyl (C=O) groups is 1. The average molecular weight is 480 g/mol. The van der Waals surface area contributed by atoms with Crippen LogP contribution in [0.1, 0.15) is 47.1 Å². The lowest BCUT2D eigenvalue weighted by Gasteiger charge is -2.26. The molecule has 1 aliphatic heterocycles. The van der Waals surface area contributed by atoms with E-state index < -0.39 is 15.9 Å². The van der Waals surface area contributed by atoms with E-state index >= 15 is 0 Å². The second-order valence-electron chi connectivity index (χ2n) is 8.12. The molecule has 1 amide bonds. The molecule has 2 aromatic rings. The Balaban J connectivity index is 1.55. The van der Waals surface area contributed by atoms with E-state index in [1.54, 1.807) is 0 Å². The van der Waals surface area contributed by atoms with Crippen molar-refractivity contribution in [3.05, 3.63) is 34.3 Å². The van der Waals surface area contributed by atoms with Crippen molar-refractivity contribution in [2.45, 2.75) is 43.9 Å². The van der Waals surface area contributed by atoms with Gasteiger partial charge in [0.2, 0.25) is 10.0 Å². The van der Waals surface area contributed by atoms with Crippen molar-refractivity contribution in [1.29, 1.82) is 0 Å². The average Bonchev–Trinajstić information content (AvgIpc) is 3.20. The summed E-state index contributed by atoms with van der Waals surface area (Å²) >= 11 is 1.51. The highest BCUT2D eigenvalue weighted by atomic mass is 32.2. The number of anilines is 1. The topological polar surface area (TPSA) is 97.8 Å². The van der Waals surface area contributed by atoms with Gasteiger partial charge in [-0.25, -0.2) is 13.4 Å². The summed E-state index contributed by atoms with van der Waals surface area (Å²) in [5.41, 5.74) is 1.23. The molecule has 1 unspecified atom stereocenters. The van der Waals surface area contributed by atoms with Crippen LogP contribution in [-0.2, 0) is 27.6 Å². The van der Waals surface area contributed by atoms with Gasteiger partial charge in [0.1, 0.15) is 5.75 Å². The first kappa shape index (κ1) is 23.2. The Bertz CT molecular complexity index is 1080. The van der Waals surface area contributed by atoms with Crippen molar-refractivity contribution in [3.63, 3.8) is 0 Å². The van der Waals surface area contributed by atoms with E-state index in [2.05, 4.69) is 17.2 Å². The number of ether oxygens (including phenoxy) is 2. The first-order valence-corrected chi connectivity index (χ1v) is 13.2. The van der Waals surface area contributed by atoms with Crippen LogP contribution in [0.3, 0.4) is 0 Å². The van der Waals surface area contributed by atoms with Crippen molar-refractivity contribution < 1.29 is 22.7 Å². The summed E-state index contributed by atoms with van der Waals surface area (Å²) in [6.07, 6.45) is 5.45. The van der Waals surface area contributed by atoms with Crippen LogP contribution >= 0.6 is 11.3 Å². The summed E-state index contributed by atoms with van der Waals surface area (Å²) in [6.45, 7) is 3.50. The fraction of sp³-hybridized carbons (Fsp3) is 0.545. The molecule has 1 aromatic carbocycles. The third kappa shape index (κ3) is 4.83. The van der Waals surface area contributed by atoms with Crippen LogP contribution in [0.2, 0.25) is 0 Å². The van der Waals surface area contributed by atoms with Crippen LogP contribution in [0.25, 0.3) is 0 Å². The molecule has 4 rings (SSSR count). The normalized spacial score (nSPS) is 19.4. The molecule has 2 aliphatic rings. The predicted molar refractivity (Wildman–Crippen MR) is 123 cm³/mol. The Kier molecular flexibility index (Phi) is 7.14. The van der Waals surface area contributed by atoms with Gasteiger partial charge >= 0.3 is 0 Å². The Hall–Kier alpha value is -2.01. The molecular weight excluding hydrogens is 450 g/mol. The molecule has 8 nitrogen and oxygen atoms in total. The Morgan fingerprint density at radius 1 is 1.34 bits per heavy atom. The predicted octanol–water partition coefficient (Wildman–Crippen LogP) is 3.33. The number of benzene rings is 1. The van der Waals surface area contributed by atoms with Crippen molar-refractivity contribution in [3.8, 4) is 5.75 Å². The molecule has 0 radical (unpaired) electrons. The smallest absolute Gasteiger partial charge is 0.261 e. The van der Waals surface area contributed by atoms with E-state index in [4.69, 9.17) is 9.47 Å². The first-order chi connectivity index (χ1) is 15.4. The minimum atomic E-state index is -3.73. The highest BCUT2D eigenvalue weighted by Crippen LogP contribution is 2.34. The maximum Gasteiger partial charge on any atom is 0.261 e. The minimum Gasteiger partial charge on any atom is -0.496 e. The number of aryl methyl sites for hydroxylation is 1. The highest BCUT2D eigenvalue weighted by Gasteiger charge is 2.28. The molecule has 10 heteroatoms. The summed E-state index contributed by atoms with van der Waals surface area (Å²) in [4.78, 5) is 19.0. The van der Waals surface area contributed by atoms with Crippen molar-refractivity contribution in [2.75, 3.05) is 38.7 Å². The number of thiazole rings is 1. The standard InChI is InChI=1S/C22H29N3O5S2/c1-3-4-15-5-7-18-20(13-15)31-22(23-18)24-21(26)17-14-16(6-8-19(17)29-2)32(27,28)25-9-11-30-12-10-25/h6,8,14-15H,3-5,7,9-13H2,1-2H3,(H,23,24,26). The van der Waals surface area contributed by atoms with Gasteiger partial charge in [-0.15, -0.1) is 11.3 Å². The van der Waals surface area contributed by atoms with Gasteiger partial charge in [0.15, 0.2) is 5.13 Å². The number of hydrogen-bond donors (Lipinski definition) is 1. The van der Waals surface area contributed by atoms with Crippen LogP contribution in [0, 0.1) is 5.92 Å². The van der Waals surface area contributed by atoms with Gasteiger partial charge in [-0.1, -0.05) is 19.8 Å². The molecule has 0 spiro atoms. The number of aromatic nitrogens is 1. The number of rotatable bonds is 7. The molecule has 1 atom stereocenters. The molecule has 32 heavy (non-hydrogen) atoms. The lowest BCUT2D eigenvalue weighted by molar-refractivity contribution is 0.0730. The van der Waals surface area contributed by atoms with Crippen LogP contribution in [0.15, 0.2) is 23.1 Å². The summed E-state index contributed by atoms with van der Waals surface area (Å²) in [7, 11) is -2.27. The molecule has 0 saturated carbocycles. The summed E-state index contributed by atoms with van der Waals surface area (Å²) < 4.78 is 38.0. The van der Waals surface area contributed by atoms with E-state index in [0.717, 1.165) is 25.0 Å². The number of sulfonamides is 1. The molecule has 2 heterocycles. The molecule has 174 valence electrons. The van der Waals surface area contributed by atoms with Crippen molar-refractivity contribution >= 4 is 32.4 Å². The van der Waals surface area contributed by atoms with Crippen LogP contribution in [0.4, 0.5) is 5.13 Å². The van der Waals surface area contributed by atoms with Gasteiger partial charge in [-0.05, 0) is 43.4 Å². The molecule has 1 saturated heterocycles. The number of hydrogen-bond acceptors (Lipinski definition) is 7. The Morgan fingerprint density at radius 3 is 2.84 bits per heavy atom. The van der Waals surface area contributed by atoms with Crippen LogP contribution < -0.4 is 10.1 Å². The maximum absolute atomic E-state index is 13.1. The van der Waals surface area contributed by atoms with E-state index in [-0.39, 0.29) is 10.5 Å². The molecule has 1 N–H and O–H groups in total. The molecule has 1 aliphatic carbocycles. The van der Waals surface area contributed by atoms with Crippen molar-refractivity contribution in [1.82, 2.24) is 9.29 Å². The van der Waals surface area contributed by atoms with Gasteiger partial charge in [0, 0.05) is 18.0 Å². The van der Waals surface area contributed by atoms with Gasteiger partial charge in [-0.3, -0.25) is 10.1 Å². The fourth-order valence-corrected chi connectivity index (χ4v) is 6.83. The van der Waals surface area contributed by atoms with E-state index in [9.17, 15) is 13.2 Å². The second-order valence-corrected chi connectivity index (χ2v) is 11.1. The number of nitrogens with one attached hydrogen (secondary N) is 1. The van der Waals surface area contributed by atoms with E-state index in [1.165, 1.54) is 58.7 Å². The zero-order chi connectivity index (χ0) is 22.7. The second kappa shape index (κ2) is 9.86. The number of fused-ring (bicyclic) bond motifs is 1. The maximum atomic E-state index is 13.1. The van der Waals surface area contributed by atoms with E-state index in [1.807, 2.05) is 0 Å². The number of amides is 1. The Morgan fingerprint density at radius 2 is 2.12 bits per heavy atom. The fourth-order valence-electron chi connectivity index (χ4n) is 4.28. The molecule has 0 bridgehead atoms. The molecule has 1 fully saturated rings. The number of morpholine rings is 1. The van der Waals surface area contributed by atoms with Crippen molar-refractivity contribution in [2.24, 2.45) is 5.92 Å². The summed E-state index contributed by atoms with van der Waals surface area (Å²) in [5.74, 6) is 0.559. The Labute approximate surface area is 193 Å². The minimum absolute atomic E-state index is 0.0613. The van der Waals surface area contributed by atoms with Gasteiger partial charge in [0.25, 0.3) is 5.91 Å². The van der Waals surface area contributed by atoms with Crippen LogP contribution in [0.5, 0.6) is 5.75 Å². The van der Waals surface area contributed by atoms with Gasteiger partial charge in [-0.2, -0.15) is 4.31 Å². The quantitative estimate of drug-likeness (QED) is 0.654.